The summed E-state index contributed by atoms with van der Waals surface area (Å²) in [4.78, 5) is 3.73. The third kappa shape index (κ3) is 2.72. The van der Waals surface area contributed by atoms with Crippen LogP contribution in [-0.2, 0) is 17.1 Å². The maximum Gasteiger partial charge on any atom is 0.282 e. The predicted molar refractivity (Wildman–Crippen MR) is 75.2 cm³/mol. The van der Waals surface area contributed by atoms with Crippen LogP contribution in [0.3, 0.4) is 0 Å². The summed E-state index contributed by atoms with van der Waals surface area (Å²) in [6.45, 7) is 0. The number of aromatic nitrogens is 2. The van der Waals surface area contributed by atoms with E-state index in [0.717, 1.165) is 0 Å². The molecule has 1 heterocycles. The van der Waals surface area contributed by atoms with Gasteiger partial charge in [0.25, 0.3) is 10.0 Å². The maximum atomic E-state index is 12.1. The first kappa shape index (κ1) is 14.7. The van der Waals surface area contributed by atoms with E-state index in [0.29, 0.717) is 0 Å². The van der Waals surface area contributed by atoms with E-state index in [4.69, 9.17) is 28.5 Å². The molecule has 6 nitrogen and oxygen atoms in total. The molecule has 1 aromatic heterocycles. The van der Waals surface area contributed by atoms with Gasteiger partial charge >= 0.3 is 0 Å². The minimum Gasteiger partial charge on any atom is -0.324 e. The van der Waals surface area contributed by atoms with E-state index in [1.165, 1.54) is 29.1 Å². The molecule has 0 fully saturated rings. The Hall–Kier alpha value is -1.75. The first-order valence-electron chi connectivity index (χ1n) is 5.24. The van der Waals surface area contributed by atoms with Crippen LogP contribution in [0.2, 0.25) is 10.2 Å². The normalized spacial score (nSPS) is 11.1. The first-order valence-corrected chi connectivity index (χ1v) is 7.48. The van der Waals surface area contributed by atoms with E-state index in [-0.39, 0.29) is 26.5 Å². The van der Waals surface area contributed by atoms with Crippen molar-refractivity contribution >= 4 is 38.9 Å². The van der Waals surface area contributed by atoms with Crippen LogP contribution in [-0.4, -0.2) is 18.0 Å². The number of nitriles is 1. The van der Waals surface area contributed by atoms with Crippen molar-refractivity contribution in [1.82, 2.24) is 9.55 Å². The summed E-state index contributed by atoms with van der Waals surface area (Å²) in [6.07, 6.45) is 1.29. The monoisotopic (exact) mass is 330 g/mol. The topological polar surface area (TPSA) is 87.8 Å². The summed E-state index contributed by atoms with van der Waals surface area (Å²) >= 11 is 11.6. The summed E-state index contributed by atoms with van der Waals surface area (Å²) in [7, 11) is -2.35. The Labute approximate surface area is 125 Å². The van der Waals surface area contributed by atoms with Crippen molar-refractivity contribution in [3.05, 3.63) is 40.3 Å². The van der Waals surface area contributed by atoms with E-state index in [1.807, 2.05) is 6.07 Å². The molecule has 9 heteroatoms. The average Bonchev–Trinajstić information content (AvgIpc) is 2.72. The minimum absolute atomic E-state index is 0.00744. The molecule has 0 spiro atoms. The lowest BCUT2D eigenvalue weighted by Crippen LogP contribution is -2.14. The van der Waals surface area contributed by atoms with E-state index in [1.54, 1.807) is 7.05 Å². The van der Waals surface area contributed by atoms with Crippen molar-refractivity contribution in [2.75, 3.05) is 4.72 Å². The Morgan fingerprint density at radius 1 is 1.40 bits per heavy atom. The fraction of sp³-hybridized carbons (Fsp3) is 0.0909. The summed E-state index contributed by atoms with van der Waals surface area (Å²) in [5, 5.41) is 8.81. The smallest absolute Gasteiger partial charge is 0.282 e. The number of aryl methyl sites for hydroxylation is 1. The van der Waals surface area contributed by atoms with Crippen molar-refractivity contribution in [3.63, 3.8) is 0 Å². The molecule has 104 valence electrons. The molecule has 0 bridgehead atoms. The summed E-state index contributed by atoms with van der Waals surface area (Å²) in [5.74, 6) is 0. The van der Waals surface area contributed by atoms with Crippen LogP contribution in [0.5, 0.6) is 0 Å². The molecule has 0 aliphatic heterocycles. The van der Waals surface area contributed by atoms with Crippen molar-refractivity contribution in [3.8, 4) is 6.07 Å². The van der Waals surface area contributed by atoms with Gasteiger partial charge in [-0.1, -0.05) is 23.2 Å². The van der Waals surface area contributed by atoms with Gasteiger partial charge in [0.2, 0.25) is 5.03 Å². The second-order valence-electron chi connectivity index (χ2n) is 3.86. The molecule has 0 unspecified atom stereocenters. The Balaban J connectivity index is 2.39. The number of anilines is 1. The van der Waals surface area contributed by atoms with Crippen LogP contribution in [0.25, 0.3) is 0 Å². The fourth-order valence-electron chi connectivity index (χ4n) is 1.45. The van der Waals surface area contributed by atoms with Gasteiger partial charge in [-0.05, 0) is 18.2 Å². The van der Waals surface area contributed by atoms with Crippen LogP contribution >= 0.6 is 23.2 Å². The molecule has 0 aliphatic carbocycles. The van der Waals surface area contributed by atoms with Crippen molar-refractivity contribution in [1.29, 1.82) is 5.26 Å². The molecule has 0 saturated carbocycles. The zero-order valence-electron chi connectivity index (χ0n) is 10.1. The Morgan fingerprint density at radius 3 is 2.65 bits per heavy atom. The zero-order chi connectivity index (χ0) is 14.9. The number of imidazole rings is 1. The van der Waals surface area contributed by atoms with Gasteiger partial charge in [-0.25, -0.2) is 4.98 Å². The summed E-state index contributed by atoms with van der Waals surface area (Å²) in [5.41, 5.74) is 0.367. The Bertz CT molecular complexity index is 808. The largest absolute Gasteiger partial charge is 0.324 e. The van der Waals surface area contributed by atoms with E-state index in [2.05, 4.69) is 9.71 Å². The number of nitrogens with zero attached hydrogens (tertiary/aromatic N) is 3. The maximum absolute atomic E-state index is 12.1. The van der Waals surface area contributed by atoms with Gasteiger partial charge in [0.1, 0.15) is 11.2 Å². The zero-order valence-corrected chi connectivity index (χ0v) is 12.5. The number of nitrogens with one attached hydrogen (secondary N) is 1. The highest BCUT2D eigenvalue weighted by molar-refractivity contribution is 7.92. The summed E-state index contributed by atoms with van der Waals surface area (Å²) in [6, 6.07) is 6.06. The van der Waals surface area contributed by atoms with E-state index >= 15 is 0 Å². The molecule has 2 rings (SSSR count). The highest BCUT2D eigenvalue weighted by Crippen LogP contribution is 2.24. The van der Waals surface area contributed by atoms with Crippen LogP contribution in [0.15, 0.2) is 29.6 Å². The van der Waals surface area contributed by atoms with Crippen molar-refractivity contribution in [2.45, 2.75) is 5.03 Å². The predicted octanol–water partition coefficient (Wildman–Crippen LogP) is 2.40. The highest BCUT2D eigenvalue weighted by Gasteiger charge is 2.22. The molecule has 20 heavy (non-hydrogen) atoms. The fourth-order valence-corrected chi connectivity index (χ4v) is 3.09. The molecule has 0 aliphatic rings. The van der Waals surface area contributed by atoms with Gasteiger partial charge in [0, 0.05) is 7.05 Å². The quantitative estimate of drug-likeness (QED) is 0.935. The number of hydrogen-bond acceptors (Lipinski definition) is 4. The second-order valence-corrected chi connectivity index (χ2v) is 6.23. The average molecular weight is 331 g/mol. The second kappa shape index (κ2) is 5.32. The summed E-state index contributed by atoms with van der Waals surface area (Å²) < 4.78 is 27.9. The Kier molecular flexibility index (Phi) is 3.90. The number of sulfonamides is 1. The van der Waals surface area contributed by atoms with Crippen LogP contribution < -0.4 is 4.72 Å². The van der Waals surface area contributed by atoms with E-state index < -0.39 is 10.0 Å². The van der Waals surface area contributed by atoms with Crippen LogP contribution in [0.4, 0.5) is 5.69 Å². The van der Waals surface area contributed by atoms with Gasteiger partial charge in [-0.15, -0.1) is 0 Å². The van der Waals surface area contributed by atoms with Gasteiger partial charge in [0.15, 0.2) is 0 Å². The minimum atomic E-state index is -3.93. The Morgan fingerprint density at radius 2 is 2.10 bits per heavy atom. The first-order chi connectivity index (χ1) is 9.35. The standard InChI is InChI=1S/C11H8Cl2N4O2S/c1-17-6-15-11(10(17)13)20(18,19)16-8-2-3-9(12)7(4-8)5-14/h2-4,6,16H,1H3. The molecule has 1 N–H and O–H groups in total. The number of halogens is 2. The lowest BCUT2D eigenvalue weighted by molar-refractivity contribution is 0.598. The molecule has 0 atom stereocenters. The van der Waals surface area contributed by atoms with Gasteiger partial charge in [-0.2, -0.15) is 13.7 Å². The van der Waals surface area contributed by atoms with Crippen LogP contribution in [0, 0.1) is 11.3 Å². The van der Waals surface area contributed by atoms with Crippen LogP contribution in [0.1, 0.15) is 5.56 Å². The molecule has 0 amide bonds. The third-order valence-corrected chi connectivity index (χ3v) is 4.63. The van der Waals surface area contributed by atoms with Crippen molar-refractivity contribution in [2.24, 2.45) is 7.05 Å². The van der Waals surface area contributed by atoms with E-state index in [9.17, 15) is 8.42 Å². The SMILES string of the molecule is Cn1cnc(S(=O)(=O)Nc2ccc(Cl)c(C#N)c2)c1Cl. The van der Waals surface area contributed by atoms with Gasteiger partial charge in [-0.3, -0.25) is 4.72 Å². The molecular weight excluding hydrogens is 323 g/mol. The lowest BCUT2D eigenvalue weighted by atomic mass is 10.2. The molecule has 0 saturated heterocycles. The molecular formula is C11H8Cl2N4O2S. The number of rotatable bonds is 3. The molecule has 1 aromatic carbocycles. The van der Waals surface area contributed by atoms with Crippen molar-refractivity contribution < 1.29 is 8.42 Å². The lowest BCUT2D eigenvalue weighted by Gasteiger charge is -2.07. The van der Waals surface area contributed by atoms with Gasteiger partial charge < -0.3 is 4.57 Å². The molecule has 2 aromatic rings. The highest BCUT2D eigenvalue weighted by atomic mass is 35.5. The number of hydrogen-bond donors (Lipinski definition) is 1. The molecule has 0 radical (unpaired) electrons. The third-order valence-electron chi connectivity index (χ3n) is 2.43. The number of benzene rings is 1. The van der Waals surface area contributed by atoms with Gasteiger partial charge in [0.05, 0.1) is 22.6 Å².